The molecule has 8 heteroatoms. The van der Waals surface area contributed by atoms with Crippen LogP contribution in [0.5, 0.6) is 0 Å². The molecule has 1 unspecified atom stereocenters. The van der Waals surface area contributed by atoms with E-state index in [1.54, 1.807) is 9.58 Å². The van der Waals surface area contributed by atoms with E-state index < -0.39 is 5.60 Å². The average Bonchev–Trinajstić information content (AvgIpc) is 3.09. The van der Waals surface area contributed by atoms with Gasteiger partial charge in [-0.3, -0.25) is 0 Å². The number of carbonyl (C=O) groups excluding carboxylic acids is 2. The van der Waals surface area contributed by atoms with Crippen LogP contribution in [0.4, 0.5) is 9.18 Å². The lowest BCUT2D eigenvalue weighted by atomic mass is 10.1. The molecule has 138 valence electrons. The van der Waals surface area contributed by atoms with Gasteiger partial charge >= 0.3 is 6.09 Å². The van der Waals surface area contributed by atoms with Crippen molar-refractivity contribution in [3.05, 3.63) is 23.0 Å². The van der Waals surface area contributed by atoms with Crippen LogP contribution in [0.3, 0.4) is 0 Å². The van der Waals surface area contributed by atoms with E-state index in [9.17, 15) is 9.59 Å². The number of hydrogen-bond acceptors (Lipinski definition) is 5. The van der Waals surface area contributed by atoms with Gasteiger partial charge in [-0.1, -0.05) is 5.21 Å². The SMILES string of the molecule is CC(C)(C)OC(=O)N1CC(n2nnc3cc4c(c(F)c32)CC(C=O)C4)C1. The quantitative estimate of drug-likeness (QED) is 0.768. The van der Waals surface area contributed by atoms with Gasteiger partial charge in [0.1, 0.15) is 22.9 Å². The maximum atomic E-state index is 15.1. The second kappa shape index (κ2) is 5.75. The molecule has 1 fully saturated rings. The van der Waals surface area contributed by atoms with Gasteiger partial charge in [0, 0.05) is 19.0 Å². The molecule has 2 heterocycles. The maximum absolute atomic E-state index is 15.1. The first-order valence-corrected chi connectivity index (χ1v) is 8.75. The van der Waals surface area contributed by atoms with Crippen LogP contribution in [-0.4, -0.2) is 51.0 Å². The summed E-state index contributed by atoms with van der Waals surface area (Å²) in [7, 11) is 0. The molecule has 2 aromatic rings. The van der Waals surface area contributed by atoms with Crippen molar-refractivity contribution in [3.63, 3.8) is 0 Å². The second-order valence-corrected chi connectivity index (χ2v) is 8.07. The topological polar surface area (TPSA) is 77.3 Å². The fourth-order valence-corrected chi connectivity index (χ4v) is 3.61. The highest BCUT2D eigenvalue weighted by atomic mass is 19.1. The Morgan fingerprint density at radius 1 is 1.35 bits per heavy atom. The molecular weight excluding hydrogens is 339 g/mol. The first kappa shape index (κ1) is 16.9. The van der Waals surface area contributed by atoms with Crippen LogP contribution in [0, 0.1) is 11.7 Å². The van der Waals surface area contributed by atoms with Crippen molar-refractivity contribution in [1.82, 2.24) is 19.9 Å². The number of hydrogen-bond donors (Lipinski definition) is 0. The molecule has 1 aliphatic carbocycles. The van der Waals surface area contributed by atoms with Gasteiger partial charge in [0.05, 0.1) is 6.04 Å². The molecule has 2 aliphatic rings. The maximum Gasteiger partial charge on any atom is 0.410 e. The zero-order valence-corrected chi connectivity index (χ0v) is 15.0. The molecule has 0 spiro atoms. The number of aldehydes is 1. The summed E-state index contributed by atoms with van der Waals surface area (Å²) in [4.78, 5) is 24.7. The molecule has 0 bridgehead atoms. The van der Waals surface area contributed by atoms with E-state index >= 15 is 4.39 Å². The minimum Gasteiger partial charge on any atom is -0.444 e. The summed E-state index contributed by atoms with van der Waals surface area (Å²) in [6, 6.07) is 1.69. The smallest absolute Gasteiger partial charge is 0.410 e. The Kier molecular flexibility index (Phi) is 3.75. The van der Waals surface area contributed by atoms with Crippen molar-refractivity contribution in [3.8, 4) is 0 Å². The van der Waals surface area contributed by atoms with Crippen LogP contribution in [0.25, 0.3) is 11.0 Å². The number of rotatable bonds is 2. The Morgan fingerprint density at radius 2 is 2.08 bits per heavy atom. The number of benzene rings is 1. The number of aromatic nitrogens is 3. The number of amides is 1. The van der Waals surface area contributed by atoms with Crippen LogP contribution in [0.15, 0.2) is 6.07 Å². The van der Waals surface area contributed by atoms with Crippen molar-refractivity contribution < 1.29 is 18.7 Å². The zero-order valence-electron chi connectivity index (χ0n) is 15.0. The van der Waals surface area contributed by atoms with Gasteiger partial charge in [0.2, 0.25) is 0 Å². The second-order valence-electron chi connectivity index (χ2n) is 8.07. The van der Waals surface area contributed by atoms with E-state index in [2.05, 4.69) is 10.3 Å². The molecule has 0 saturated carbocycles. The zero-order chi connectivity index (χ0) is 18.6. The summed E-state index contributed by atoms with van der Waals surface area (Å²) in [5.41, 5.74) is 1.71. The van der Waals surface area contributed by atoms with E-state index in [-0.39, 0.29) is 23.9 Å². The average molecular weight is 360 g/mol. The van der Waals surface area contributed by atoms with Crippen molar-refractivity contribution >= 4 is 23.4 Å². The summed E-state index contributed by atoms with van der Waals surface area (Å²) in [5, 5.41) is 8.19. The van der Waals surface area contributed by atoms with Crippen LogP contribution in [0.1, 0.15) is 37.9 Å². The molecule has 0 N–H and O–H groups in total. The van der Waals surface area contributed by atoms with Gasteiger partial charge in [0.15, 0.2) is 5.82 Å². The minimum atomic E-state index is -0.552. The molecule has 1 saturated heterocycles. The summed E-state index contributed by atoms with van der Waals surface area (Å²) in [6.45, 7) is 6.25. The van der Waals surface area contributed by atoms with Crippen molar-refractivity contribution in [2.75, 3.05) is 13.1 Å². The van der Waals surface area contributed by atoms with E-state index in [4.69, 9.17) is 4.74 Å². The number of ether oxygens (including phenoxy) is 1. The lowest BCUT2D eigenvalue weighted by Gasteiger charge is -2.39. The first-order valence-electron chi connectivity index (χ1n) is 8.75. The lowest BCUT2D eigenvalue weighted by molar-refractivity contribution is -0.110. The summed E-state index contributed by atoms with van der Waals surface area (Å²) < 4.78 is 21.9. The molecular formula is C18H21FN4O3. The van der Waals surface area contributed by atoms with Gasteiger partial charge in [0.25, 0.3) is 0 Å². The number of halogens is 1. The number of likely N-dealkylation sites (tertiary alicyclic amines) is 1. The summed E-state index contributed by atoms with van der Waals surface area (Å²) >= 11 is 0. The minimum absolute atomic E-state index is 0.136. The lowest BCUT2D eigenvalue weighted by Crippen LogP contribution is -2.52. The van der Waals surface area contributed by atoms with Gasteiger partial charge in [-0.2, -0.15) is 0 Å². The molecule has 0 radical (unpaired) electrons. The van der Waals surface area contributed by atoms with Crippen molar-refractivity contribution in [2.45, 2.75) is 45.3 Å². The highest BCUT2D eigenvalue weighted by Crippen LogP contribution is 2.34. The van der Waals surface area contributed by atoms with Crippen LogP contribution < -0.4 is 0 Å². The van der Waals surface area contributed by atoms with Crippen LogP contribution in [0.2, 0.25) is 0 Å². The van der Waals surface area contributed by atoms with E-state index in [0.717, 1.165) is 11.8 Å². The summed E-state index contributed by atoms with van der Waals surface area (Å²) in [6.07, 6.45) is 1.47. The third-order valence-corrected chi connectivity index (χ3v) is 4.89. The van der Waals surface area contributed by atoms with Gasteiger partial charge in [-0.15, -0.1) is 5.10 Å². The van der Waals surface area contributed by atoms with Crippen LogP contribution in [-0.2, 0) is 22.4 Å². The fourth-order valence-electron chi connectivity index (χ4n) is 3.61. The molecule has 1 aliphatic heterocycles. The highest BCUT2D eigenvalue weighted by molar-refractivity contribution is 5.79. The van der Waals surface area contributed by atoms with E-state index in [1.807, 2.05) is 26.8 Å². The molecule has 1 aromatic heterocycles. The van der Waals surface area contributed by atoms with Crippen molar-refractivity contribution in [2.24, 2.45) is 5.92 Å². The van der Waals surface area contributed by atoms with Crippen molar-refractivity contribution in [1.29, 1.82) is 0 Å². The Morgan fingerprint density at radius 3 is 2.73 bits per heavy atom. The molecule has 26 heavy (non-hydrogen) atoms. The predicted molar refractivity (Wildman–Crippen MR) is 91.3 cm³/mol. The molecule has 1 atom stereocenters. The summed E-state index contributed by atoms with van der Waals surface area (Å²) in [5.74, 6) is -0.513. The molecule has 4 rings (SSSR count). The number of carbonyl (C=O) groups is 2. The first-order chi connectivity index (χ1) is 12.3. The van der Waals surface area contributed by atoms with Crippen LogP contribution >= 0.6 is 0 Å². The fraction of sp³-hybridized carbons (Fsp3) is 0.556. The van der Waals surface area contributed by atoms with E-state index in [0.29, 0.717) is 42.5 Å². The Labute approximate surface area is 150 Å². The number of fused-ring (bicyclic) bond motifs is 2. The molecule has 1 aromatic carbocycles. The monoisotopic (exact) mass is 360 g/mol. The predicted octanol–water partition coefficient (Wildman–Crippen LogP) is 2.28. The largest absolute Gasteiger partial charge is 0.444 e. The molecule has 7 nitrogen and oxygen atoms in total. The Hall–Kier alpha value is -2.51. The van der Waals surface area contributed by atoms with E-state index in [1.165, 1.54) is 0 Å². The van der Waals surface area contributed by atoms with Gasteiger partial charge < -0.3 is 14.4 Å². The Balaban J connectivity index is 1.56. The third kappa shape index (κ3) is 2.73. The number of nitrogens with zero attached hydrogens (tertiary/aromatic N) is 4. The highest BCUT2D eigenvalue weighted by Gasteiger charge is 2.37. The normalized spacial score (nSPS) is 20.2. The van der Waals surface area contributed by atoms with Gasteiger partial charge in [-0.05, 0) is 50.8 Å². The molecule has 1 amide bonds. The standard InChI is InChI=1S/C18H21FN4O3/c1-18(2,3)26-17(25)22-7-12(8-22)23-16-14(20-21-23)6-11-4-10(9-24)5-13(11)15(16)19/h6,9-10,12H,4-5,7-8H2,1-3H3. The van der Waals surface area contributed by atoms with Gasteiger partial charge in [-0.25, -0.2) is 13.9 Å². The third-order valence-electron chi connectivity index (χ3n) is 4.89. The Bertz CT molecular complexity index is 896.